The lowest BCUT2D eigenvalue weighted by atomic mass is 9.62. The average molecular weight is 1310 g/mol. The topological polar surface area (TPSA) is 157 Å². The molecule has 10 aromatic rings. The molecule has 10 nitrogen and oxygen atoms in total. The van der Waals surface area contributed by atoms with Gasteiger partial charge in [0.15, 0.2) is 0 Å². The van der Waals surface area contributed by atoms with Crippen molar-refractivity contribution in [2.24, 2.45) is 5.92 Å². The predicted molar refractivity (Wildman–Crippen MR) is 404 cm³/mol. The second-order valence-corrected chi connectivity index (χ2v) is 28.2. The van der Waals surface area contributed by atoms with Crippen LogP contribution in [0.15, 0.2) is 283 Å². The fraction of sp³-hybridized carbons (Fsp3) is 0.152. The number of allylic oxidation sites excluding steroid dienone is 10. The summed E-state index contributed by atoms with van der Waals surface area (Å²) in [5, 5.41) is 64.4. The molecule has 102 heavy (non-hydrogen) atoms. The highest BCUT2D eigenvalue weighted by molar-refractivity contribution is 5.97. The molecule has 10 heteroatoms. The van der Waals surface area contributed by atoms with Crippen LogP contribution in [0.25, 0.3) is 61.6 Å². The molecule has 3 aliphatic heterocycles. The summed E-state index contributed by atoms with van der Waals surface area (Å²) in [7, 11) is 0. The lowest BCUT2D eigenvalue weighted by Gasteiger charge is -2.43. The lowest BCUT2D eigenvalue weighted by Crippen LogP contribution is -2.47. The van der Waals surface area contributed by atoms with Gasteiger partial charge in [0, 0.05) is 102 Å². The Kier molecular flexibility index (Phi) is 14.4. The number of fused-ring (bicyclic) bond motifs is 12. The lowest BCUT2D eigenvalue weighted by molar-refractivity contribution is 0.321. The maximum absolute atomic E-state index is 11.5. The van der Waals surface area contributed by atoms with Gasteiger partial charge in [-0.1, -0.05) is 190 Å². The molecule has 0 radical (unpaired) electrons. The zero-order valence-electron chi connectivity index (χ0n) is 56.2. The number of aromatic nitrogens is 1. The Morgan fingerprint density at radius 3 is 1.71 bits per heavy atom. The summed E-state index contributed by atoms with van der Waals surface area (Å²) in [6.45, 7) is 4.55. The van der Waals surface area contributed by atoms with E-state index in [4.69, 9.17) is 0 Å². The van der Waals surface area contributed by atoms with Crippen molar-refractivity contribution >= 4 is 51.0 Å². The molecule has 5 aliphatic carbocycles. The van der Waals surface area contributed by atoms with Gasteiger partial charge >= 0.3 is 0 Å². The Bertz CT molecular complexity index is 5840. The van der Waals surface area contributed by atoms with Crippen molar-refractivity contribution in [3.05, 3.63) is 333 Å². The number of nitriles is 6. The van der Waals surface area contributed by atoms with Crippen LogP contribution >= 0.6 is 0 Å². The SMILES string of the molecule is CC1CC(C2=CC3N(c4ccccc4-c4ccc(-c5ccc(N6c7ccccc7C7C=C(C#N)C=CC76)cc5C#N)cc4)c4ccccc4C3(C)[C@@H](C#N)C2)=Cc2c1n(-c1ccc(-c3ccc(C4=C(N5c6ccccc6C6C=C(C#N)C=CC65)CCC=C4)cc3)c(C#N)c1)c1ccc(C#N)cc21. The largest absolute Gasteiger partial charge is 0.336 e. The van der Waals surface area contributed by atoms with Crippen molar-refractivity contribution < 1.29 is 0 Å². The van der Waals surface area contributed by atoms with Crippen LogP contribution < -0.4 is 14.7 Å². The van der Waals surface area contributed by atoms with Crippen molar-refractivity contribution in [1.29, 1.82) is 31.6 Å². The molecule has 0 spiro atoms. The Labute approximate surface area is 593 Å². The standard InChI is InChI=1S/C92H64N10/c1-56-41-64(48-80-79-44-59(52-95)24-39-87(79)100(91(56)80)70-35-37-72(67(47-70)54-97)61-26-30-62(31-27-61)73-13-3-8-18-82(73)101-85-21-11-6-16-76(85)78-43-58(51-94)25-40-88(78)101)65-45-68(55-98)92(2)81-17-7-12-22-89(81)102(90(92)49-65)83-19-9-4-14-74(83)63-32-28-60(29-33-63)71-36-34-69(46-66(71)53-96)99-84-20-10-5-15-75(84)77-42-57(50-93)23-38-86(77)99/h3-7,9-17,19-40,42-44,46-49,56,68,77-78,86,88,90H,8,18,41,45H2,1-2H3/t56?,68-,77?,78?,86?,88?,90?,92?/m1/s1. The van der Waals surface area contributed by atoms with E-state index < -0.39 is 5.41 Å². The Balaban J connectivity index is 0.670. The van der Waals surface area contributed by atoms with E-state index in [-0.39, 0.29) is 41.8 Å². The van der Waals surface area contributed by atoms with Gasteiger partial charge < -0.3 is 19.3 Å². The molecule has 4 heterocycles. The summed E-state index contributed by atoms with van der Waals surface area (Å²) in [6, 6.07) is 84.4. The third-order valence-electron chi connectivity index (χ3n) is 23.0. The minimum absolute atomic E-state index is 0.00310. The molecule has 0 amide bonds. The van der Waals surface area contributed by atoms with Crippen LogP contribution in [0.5, 0.6) is 0 Å². The quantitative estimate of drug-likeness (QED) is 0.137. The molecule has 8 atom stereocenters. The molecule has 9 aromatic carbocycles. The fourth-order valence-corrected chi connectivity index (χ4v) is 18.2. The Morgan fingerprint density at radius 2 is 1.06 bits per heavy atom. The van der Waals surface area contributed by atoms with Crippen molar-refractivity contribution in [3.8, 4) is 75.5 Å². The number of anilines is 5. The molecule has 482 valence electrons. The van der Waals surface area contributed by atoms with Crippen LogP contribution in [0.2, 0.25) is 0 Å². The number of para-hydroxylation sites is 4. The van der Waals surface area contributed by atoms with E-state index >= 15 is 0 Å². The van der Waals surface area contributed by atoms with Crippen molar-refractivity contribution in [2.45, 2.75) is 80.8 Å². The third-order valence-corrected chi connectivity index (χ3v) is 23.0. The van der Waals surface area contributed by atoms with Crippen LogP contribution in [0.1, 0.15) is 107 Å². The fourth-order valence-electron chi connectivity index (χ4n) is 18.2. The minimum atomic E-state index is -0.571. The summed E-state index contributed by atoms with van der Waals surface area (Å²) in [6.07, 6.45) is 24.7. The molecule has 7 unspecified atom stereocenters. The molecular weight excluding hydrogens is 1250 g/mol. The van der Waals surface area contributed by atoms with Crippen LogP contribution in [0.3, 0.4) is 0 Å². The molecule has 0 fully saturated rings. The van der Waals surface area contributed by atoms with Gasteiger partial charge in [0.05, 0.1) is 82.7 Å². The highest BCUT2D eigenvalue weighted by Crippen LogP contribution is 2.59. The van der Waals surface area contributed by atoms with Gasteiger partial charge in [-0.25, -0.2) is 0 Å². The summed E-state index contributed by atoms with van der Waals surface area (Å²) >= 11 is 0. The minimum Gasteiger partial charge on any atom is -0.336 e. The van der Waals surface area contributed by atoms with Crippen LogP contribution in [0, 0.1) is 73.9 Å². The third kappa shape index (κ3) is 9.39. The first-order valence-corrected chi connectivity index (χ1v) is 35.0. The maximum Gasteiger partial charge on any atom is 0.0998 e. The van der Waals surface area contributed by atoms with Crippen molar-refractivity contribution in [2.75, 3.05) is 14.7 Å². The molecular formula is C92H64N10. The van der Waals surface area contributed by atoms with Crippen LogP contribution in [-0.4, -0.2) is 22.7 Å². The second kappa shape index (κ2) is 24.1. The van der Waals surface area contributed by atoms with Crippen LogP contribution in [-0.2, 0) is 5.41 Å². The number of rotatable bonds is 9. The summed E-state index contributed by atoms with van der Waals surface area (Å²) in [5.74, 6) is -0.253. The van der Waals surface area contributed by atoms with Gasteiger partial charge in [0.25, 0.3) is 0 Å². The molecule has 0 saturated carbocycles. The monoisotopic (exact) mass is 1310 g/mol. The van der Waals surface area contributed by atoms with E-state index in [9.17, 15) is 31.6 Å². The highest BCUT2D eigenvalue weighted by atomic mass is 15.2. The Hall–Kier alpha value is -13.2. The number of nitrogens with zero attached hydrogens (tertiary/aromatic N) is 10. The van der Waals surface area contributed by atoms with E-state index in [1.807, 2.05) is 54.6 Å². The van der Waals surface area contributed by atoms with E-state index in [0.717, 1.165) is 119 Å². The van der Waals surface area contributed by atoms with Gasteiger partial charge in [-0.2, -0.15) is 31.6 Å². The summed E-state index contributed by atoms with van der Waals surface area (Å²) < 4.78 is 2.30. The van der Waals surface area contributed by atoms with E-state index in [0.29, 0.717) is 40.7 Å². The number of hydrogen-bond donors (Lipinski definition) is 0. The smallest absolute Gasteiger partial charge is 0.0998 e. The maximum atomic E-state index is 11.5. The zero-order valence-corrected chi connectivity index (χ0v) is 56.2. The normalized spacial score (nSPS) is 22.2. The van der Waals surface area contributed by atoms with Crippen molar-refractivity contribution in [1.82, 2.24) is 4.57 Å². The first-order valence-electron chi connectivity index (χ1n) is 35.0. The molecule has 8 aliphatic rings. The first-order chi connectivity index (χ1) is 50.1. The first kappa shape index (κ1) is 61.1. The van der Waals surface area contributed by atoms with Gasteiger partial charge in [-0.05, 0) is 172 Å². The average Bonchev–Trinajstić information content (AvgIpc) is 1.54. The molecule has 0 N–H and O–H groups in total. The summed E-state index contributed by atoms with van der Waals surface area (Å²) in [5.41, 5.74) is 26.7. The highest BCUT2D eigenvalue weighted by Gasteiger charge is 2.55. The predicted octanol–water partition coefficient (Wildman–Crippen LogP) is 20.8. The number of benzene rings is 9. The molecule has 0 bridgehead atoms. The van der Waals surface area contributed by atoms with Gasteiger partial charge in [0.2, 0.25) is 0 Å². The molecule has 1 aromatic heterocycles. The van der Waals surface area contributed by atoms with Crippen LogP contribution in [0.4, 0.5) is 28.4 Å². The van der Waals surface area contributed by atoms with E-state index in [2.05, 4.69) is 276 Å². The summed E-state index contributed by atoms with van der Waals surface area (Å²) in [4.78, 5) is 7.24. The van der Waals surface area contributed by atoms with Gasteiger partial charge in [-0.15, -0.1) is 0 Å². The van der Waals surface area contributed by atoms with Gasteiger partial charge in [-0.3, -0.25) is 0 Å². The zero-order chi connectivity index (χ0) is 69.1. The molecule has 0 saturated heterocycles. The van der Waals surface area contributed by atoms with Crippen molar-refractivity contribution in [3.63, 3.8) is 0 Å². The molecule has 18 rings (SSSR count). The number of hydrogen-bond acceptors (Lipinski definition) is 9. The Morgan fingerprint density at radius 1 is 0.480 bits per heavy atom. The van der Waals surface area contributed by atoms with E-state index in [1.54, 1.807) is 0 Å². The van der Waals surface area contributed by atoms with E-state index in [1.165, 1.54) is 28.1 Å². The van der Waals surface area contributed by atoms with Gasteiger partial charge in [0.1, 0.15) is 0 Å². The second-order valence-electron chi connectivity index (χ2n) is 28.2.